The van der Waals surface area contributed by atoms with Gasteiger partial charge in [0, 0.05) is 35.4 Å². The summed E-state index contributed by atoms with van der Waals surface area (Å²) in [4.78, 5) is 13.9. The standard InChI is InChI=1S/C17H19ClF3NO3S/c1-8-5-16(14-10(4-13(18)26-14)12(23)7-25-16)6-11(9-2-3-9)22(8)15(24)17(19,20)21/h4,8-9,11-12,23H,2-3,5-7H2,1H3. The molecule has 1 aromatic heterocycles. The summed E-state index contributed by atoms with van der Waals surface area (Å²) in [6.07, 6.45) is -3.48. The smallest absolute Gasteiger partial charge is 0.386 e. The van der Waals surface area contributed by atoms with Gasteiger partial charge in [-0.2, -0.15) is 13.2 Å². The third-order valence-corrected chi connectivity index (χ3v) is 7.13. The van der Waals surface area contributed by atoms with Gasteiger partial charge in [-0.25, -0.2) is 0 Å². The number of alkyl halides is 3. The summed E-state index contributed by atoms with van der Waals surface area (Å²) in [6, 6.07) is 0.574. The molecule has 9 heteroatoms. The monoisotopic (exact) mass is 409 g/mol. The van der Waals surface area contributed by atoms with Crippen LogP contribution in [0.15, 0.2) is 6.07 Å². The summed E-state index contributed by atoms with van der Waals surface area (Å²) in [5.74, 6) is -1.70. The van der Waals surface area contributed by atoms with E-state index in [0.717, 1.165) is 22.6 Å². The molecule has 1 saturated heterocycles. The molecule has 2 aliphatic heterocycles. The molecular weight excluding hydrogens is 391 g/mol. The molecule has 26 heavy (non-hydrogen) atoms. The molecule has 1 amide bonds. The fourth-order valence-electron chi connectivity index (χ4n) is 4.47. The highest BCUT2D eigenvalue weighted by Crippen LogP contribution is 2.54. The maximum Gasteiger partial charge on any atom is 0.471 e. The number of hydrogen-bond acceptors (Lipinski definition) is 4. The van der Waals surface area contributed by atoms with Crippen molar-refractivity contribution in [1.82, 2.24) is 4.90 Å². The summed E-state index contributed by atoms with van der Waals surface area (Å²) in [5.41, 5.74) is -0.0925. The molecule has 3 aliphatic rings. The lowest BCUT2D eigenvalue weighted by atomic mass is 9.77. The number of aliphatic hydroxyl groups is 1. The van der Waals surface area contributed by atoms with Crippen molar-refractivity contribution in [3.8, 4) is 0 Å². The van der Waals surface area contributed by atoms with Crippen LogP contribution in [-0.4, -0.2) is 40.8 Å². The summed E-state index contributed by atoms with van der Waals surface area (Å²) in [6.45, 7) is 1.72. The van der Waals surface area contributed by atoms with Crippen LogP contribution in [0.5, 0.6) is 0 Å². The molecule has 1 spiro atoms. The number of nitrogens with zero attached hydrogens (tertiary/aromatic N) is 1. The molecule has 0 radical (unpaired) electrons. The van der Waals surface area contributed by atoms with Gasteiger partial charge in [0.25, 0.3) is 0 Å². The Labute approximate surface area is 157 Å². The molecule has 144 valence electrons. The van der Waals surface area contributed by atoms with E-state index in [2.05, 4.69) is 0 Å². The van der Waals surface area contributed by atoms with Crippen LogP contribution in [0.2, 0.25) is 4.34 Å². The highest BCUT2D eigenvalue weighted by atomic mass is 35.5. The fourth-order valence-corrected chi connectivity index (χ4v) is 5.92. The van der Waals surface area contributed by atoms with Crippen molar-refractivity contribution >= 4 is 28.8 Å². The topological polar surface area (TPSA) is 49.8 Å². The van der Waals surface area contributed by atoms with Crippen LogP contribution in [0.4, 0.5) is 13.2 Å². The van der Waals surface area contributed by atoms with Gasteiger partial charge in [0.15, 0.2) is 0 Å². The highest BCUT2D eigenvalue weighted by molar-refractivity contribution is 7.16. The van der Waals surface area contributed by atoms with E-state index in [0.29, 0.717) is 16.3 Å². The number of carbonyl (C=O) groups is 1. The van der Waals surface area contributed by atoms with Crippen molar-refractivity contribution in [3.05, 3.63) is 20.8 Å². The third-order valence-electron chi connectivity index (χ3n) is 5.66. The first-order chi connectivity index (χ1) is 12.1. The Kier molecular flexibility index (Phi) is 4.34. The highest BCUT2D eigenvalue weighted by Gasteiger charge is 2.57. The van der Waals surface area contributed by atoms with Crippen molar-refractivity contribution in [3.63, 3.8) is 0 Å². The van der Waals surface area contributed by atoms with E-state index in [1.165, 1.54) is 11.3 Å². The van der Waals surface area contributed by atoms with E-state index >= 15 is 0 Å². The van der Waals surface area contributed by atoms with Crippen LogP contribution in [0.3, 0.4) is 0 Å². The predicted molar refractivity (Wildman–Crippen MR) is 90.0 cm³/mol. The number of carbonyl (C=O) groups excluding carboxylic acids is 1. The molecule has 4 unspecified atom stereocenters. The minimum Gasteiger partial charge on any atom is -0.386 e. The summed E-state index contributed by atoms with van der Waals surface area (Å²) >= 11 is 7.45. The first-order valence-corrected chi connectivity index (χ1v) is 9.83. The van der Waals surface area contributed by atoms with Gasteiger partial charge in [-0.05, 0) is 31.7 Å². The number of ether oxygens (including phenoxy) is 1. The lowest BCUT2D eigenvalue weighted by Gasteiger charge is -2.51. The van der Waals surface area contributed by atoms with E-state index in [1.54, 1.807) is 13.0 Å². The molecule has 4 rings (SSSR count). The minimum atomic E-state index is -4.88. The van der Waals surface area contributed by atoms with Crippen LogP contribution in [0.1, 0.15) is 49.2 Å². The SMILES string of the molecule is CC1CC2(CC(C3CC3)N1C(=O)C(F)(F)F)OCC(O)c1cc(Cl)sc12. The van der Waals surface area contributed by atoms with Gasteiger partial charge >= 0.3 is 12.1 Å². The normalized spacial score (nSPS) is 34.8. The number of likely N-dealkylation sites (tertiary alicyclic amines) is 1. The first kappa shape index (κ1) is 18.5. The average Bonchev–Trinajstić information content (AvgIpc) is 3.31. The van der Waals surface area contributed by atoms with E-state index in [4.69, 9.17) is 16.3 Å². The Morgan fingerprint density at radius 3 is 2.73 bits per heavy atom. The van der Waals surface area contributed by atoms with Gasteiger partial charge in [0.2, 0.25) is 0 Å². The van der Waals surface area contributed by atoms with Crippen molar-refractivity contribution in [2.24, 2.45) is 5.92 Å². The van der Waals surface area contributed by atoms with E-state index in [9.17, 15) is 23.1 Å². The van der Waals surface area contributed by atoms with Gasteiger partial charge in [0.05, 0.1) is 10.9 Å². The largest absolute Gasteiger partial charge is 0.471 e. The second-order valence-electron chi connectivity index (χ2n) is 7.53. The van der Waals surface area contributed by atoms with Crippen molar-refractivity contribution < 1.29 is 27.8 Å². The molecule has 2 fully saturated rings. The Bertz CT molecular complexity index is 735. The van der Waals surface area contributed by atoms with Gasteiger partial charge in [-0.3, -0.25) is 4.79 Å². The molecule has 4 nitrogen and oxygen atoms in total. The summed E-state index contributed by atoms with van der Waals surface area (Å²) in [5, 5.41) is 10.2. The van der Waals surface area contributed by atoms with Gasteiger partial charge in [0.1, 0.15) is 11.7 Å². The zero-order chi connectivity index (χ0) is 18.9. The Morgan fingerprint density at radius 1 is 1.42 bits per heavy atom. The van der Waals surface area contributed by atoms with Crippen molar-refractivity contribution in [2.75, 3.05) is 6.61 Å². The molecule has 0 bridgehead atoms. The molecular formula is C17H19ClF3NO3S. The second kappa shape index (κ2) is 6.09. The van der Waals surface area contributed by atoms with E-state index in [-0.39, 0.29) is 18.9 Å². The number of halogens is 4. The Morgan fingerprint density at radius 2 is 2.12 bits per heavy atom. The lowest BCUT2D eigenvalue weighted by Crippen LogP contribution is -2.60. The first-order valence-electron chi connectivity index (χ1n) is 8.63. The maximum atomic E-state index is 13.1. The Hall–Kier alpha value is -0.830. The van der Waals surface area contributed by atoms with Gasteiger partial charge in [-0.1, -0.05) is 11.6 Å². The summed E-state index contributed by atoms with van der Waals surface area (Å²) in [7, 11) is 0. The number of amides is 1. The second-order valence-corrected chi connectivity index (χ2v) is 9.21. The van der Waals surface area contributed by atoms with Crippen LogP contribution in [0.25, 0.3) is 0 Å². The molecule has 1 aliphatic carbocycles. The molecule has 0 aromatic carbocycles. The Balaban J connectivity index is 1.72. The lowest BCUT2D eigenvalue weighted by molar-refractivity contribution is -0.204. The van der Waals surface area contributed by atoms with Crippen LogP contribution in [0, 0.1) is 5.92 Å². The molecule has 1 aromatic rings. The van der Waals surface area contributed by atoms with E-state index < -0.39 is 35.9 Å². The minimum absolute atomic E-state index is 0.0651. The van der Waals surface area contributed by atoms with Crippen molar-refractivity contribution in [1.29, 1.82) is 0 Å². The number of fused-ring (bicyclic) bond motifs is 2. The predicted octanol–water partition coefficient (Wildman–Crippen LogP) is 4.01. The fraction of sp³-hybridized carbons (Fsp3) is 0.706. The molecule has 1 N–H and O–H groups in total. The molecule has 1 saturated carbocycles. The molecule has 4 atom stereocenters. The van der Waals surface area contributed by atoms with Crippen molar-refractivity contribution in [2.45, 2.75) is 62.6 Å². The number of thiophene rings is 1. The van der Waals surface area contributed by atoms with Gasteiger partial charge in [-0.15, -0.1) is 11.3 Å². The quantitative estimate of drug-likeness (QED) is 0.762. The number of piperidine rings is 1. The van der Waals surface area contributed by atoms with Gasteiger partial charge < -0.3 is 14.7 Å². The average molecular weight is 410 g/mol. The number of aliphatic hydroxyl groups excluding tert-OH is 1. The zero-order valence-electron chi connectivity index (χ0n) is 14.1. The number of hydrogen-bond donors (Lipinski definition) is 1. The van der Waals surface area contributed by atoms with E-state index in [1.807, 2.05) is 0 Å². The maximum absolute atomic E-state index is 13.1. The van der Waals surface area contributed by atoms with Crippen LogP contribution in [-0.2, 0) is 15.1 Å². The third kappa shape index (κ3) is 2.95. The zero-order valence-corrected chi connectivity index (χ0v) is 15.6. The van der Waals surface area contributed by atoms with Crippen LogP contribution >= 0.6 is 22.9 Å². The summed E-state index contributed by atoms with van der Waals surface area (Å²) < 4.78 is 45.9. The van der Waals surface area contributed by atoms with Crippen LogP contribution < -0.4 is 0 Å². The molecule has 3 heterocycles. The number of rotatable bonds is 1.